The molecule has 0 spiro atoms. The number of carbonyl (C=O) groups excluding carboxylic acids is 4. The molecule has 12 nitrogen and oxygen atoms in total. The second kappa shape index (κ2) is 15.6. The lowest BCUT2D eigenvalue weighted by molar-refractivity contribution is -0.154. The molecule has 0 aliphatic carbocycles. The molecule has 258 valence electrons. The van der Waals surface area contributed by atoms with E-state index >= 15 is 0 Å². The highest BCUT2D eigenvalue weighted by molar-refractivity contribution is 8.01. The van der Waals surface area contributed by atoms with Crippen molar-refractivity contribution in [3.8, 4) is 0 Å². The van der Waals surface area contributed by atoms with E-state index in [2.05, 4.69) is 25.2 Å². The summed E-state index contributed by atoms with van der Waals surface area (Å²) in [7, 11) is 0. The molecule has 3 amide bonds. The molecule has 2 aromatic heterocycles. The zero-order chi connectivity index (χ0) is 35.3. The number of β-lactam (4-membered cyclic amide) rings is 1. The molecule has 0 bridgehead atoms. The summed E-state index contributed by atoms with van der Waals surface area (Å²) in [6.45, 7) is 5.26. The Labute approximate surface area is 304 Å². The predicted molar refractivity (Wildman–Crippen MR) is 195 cm³/mol. The van der Waals surface area contributed by atoms with Crippen LogP contribution in [0.1, 0.15) is 43.7 Å². The smallest absolute Gasteiger partial charge is 0.413 e. The summed E-state index contributed by atoms with van der Waals surface area (Å²) in [6, 6.07) is 17.9. The number of esters is 1. The van der Waals surface area contributed by atoms with Crippen LogP contribution in [0.4, 0.5) is 9.93 Å². The number of amides is 3. The van der Waals surface area contributed by atoms with Crippen LogP contribution in [-0.2, 0) is 23.9 Å². The van der Waals surface area contributed by atoms with Gasteiger partial charge in [0.1, 0.15) is 26.9 Å². The number of hydrogen-bond acceptors (Lipinski definition) is 13. The molecule has 2 unspecified atom stereocenters. The van der Waals surface area contributed by atoms with Gasteiger partial charge in [0.15, 0.2) is 11.2 Å². The van der Waals surface area contributed by atoms with E-state index in [0.717, 1.165) is 26.7 Å². The van der Waals surface area contributed by atoms with Crippen molar-refractivity contribution in [3.63, 3.8) is 0 Å². The monoisotopic (exact) mass is 748 g/mol. The average Bonchev–Trinajstić information content (AvgIpc) is 3.80. The normalized spacial score (nSPS) is 17.4. The predicted octanol–water partition coefficient (Wildman–Crippen LogP) is 6.13. The Morgan fingerprint density at radius 2 is 1.78 bits per heavy atom. The topological polar surface area (TPSA) is 153 Å². The van der Waals surface area contributed by atoms with E-state index in [9.17, 15) is 19.2 Å². The summed E-state index contributed by atoms with van der Waals surface area (Å²) >= 11 is 5.24. The van der Waals surface area contributed by atoms with E-state index < -0.39 is 47.0 Å². The van der Waals surface area contributed by atoms with Crippen molar-refractivity contribution < 1.29 is 28.7 Å². The molecule has 2 N–H and O–H groups in total. The quantitative estimate of drug-likeness (QED) is 0.0788. The molecule has 1 saturated heterocycles. The van der Waals surface area contributed by atoms with Crippen molar-refractivity contribution in [1.82, 2.24) is 24.8 Å². The van der Waals surface area contributed by atoms with E-state index in [-0.39, 0.29) is 16.4 Å². The summed E-state index contributed by atoms with van der Waals surface area (Å²) in [5.41, 5.74) is 1.58. The Hall–Kier alpha value is -4.51. The van der Waals surface area contributed by atoms with Crippen LogP contribution in [0.25, 0.3) is 5.57 Å². The van der Waals surface area contributed by atoms with Crippen LogP contribution in [0.3, 0.4) is 0 Å². The first-order chi connectivity index (χ1) is 24.1. The van der Waals surface area contributed by atoms with Gasteiger partial charge in [0.2, 0.25) is 0 Å². The van der Waals surface area contributed by atoms with Crippen molar-refractivity contribution >= 4 is 81.0 Å². The highest BCUT2D eigenvalue weighted by Gasteiger charge is 2.53. The fourth-order valence-electron chi connectivity index (χ4n) is 5.09. The summed E-state index contributed by atoms with van der Waals surface area (Å²) < 4.78 is 16.1. The minimum atomic E-state index is -0.886. The first-order valence-electron chi connectivity index (χ1n) is 15.4. The number of nitrogens with one attached hydrogen (secondary N) is 2. The first-order valence-corrected chi connectivity index (χ1v) is 19.1. The fraction of sp³-hybridized carbons (Fsp3) is 0.265. The Balaban J connectivity index is 1.16. The molecule has 0 saturated carbocycles. The second-order valence-electron chi connectivity index (χ2n) is 11.9. The molecule has 0 radical (unpaired) electrons. The van der Waals surface area contributed by atoms with E-state index in [1.165, 1.54) is 40.0 Å². The van der Waals surface area contributed by atoms with E-state index in [0.29, 0.717) is 17.2 Å². The summed E-state index contributed by atoms with van der Waals surface area (Å²) in [5, 5.41) is 10.7. The van der Waals surface area contributed by atoms with Gasteiger partial charge in [-0.05, 0) is 49.5 Å². The van der Waals surface area contributed by atoms with Gasteiger partial charge in [0.05, 0.1) is 17.5 Å². The average molecular weight is 749 g/mol. The largest absolute Gasteiger partial charge is 0.448 e. The number of aromatic nitrogens is 3. The maximum absolute atomic E-state index is 13.8. The van der Waals surface area contributed by atoms with Crippen molar-refractivity contribution in [2.75, 3.05) is 16.8 Å². The lowest BCUT2D eigenvalue weighted by atomic mass is 10.0. The minimum absolute atomic E-state index is 0.142. The van der Waals surface area contributed by atoms with E-state index in [1.807, 2.05) is 60.7 Å². The molecule has 2 atom stereocenters. The van der Waals surface area contributed by atoms with Crippen LogP contribution < -0.4 is 10.6 Å². The maximum Gasteiger partial charge on any atom is 0.413 e. The number of anilines is 1. The van der Waals surface area contributed by atoms with E-state index in [1.54, 1.807) is 44.5 Å². The molecule has 4 heterocycles. The molecule has 2 aliphatic heterocycles. The summed E-state index contributed by atoms with van der Waals surface area (Å²) in [6.07, 6.45) is 3.67. The van der Waals surface area contributed by atoms with Crippen molar-refractivity contribution in [3.05, 3.63) is 107 Å². The highest BCUT2D eigenvalue weighted by atomic mass is 32.2. The molecule has 6 rings (SSSR count). The van der Waals surface area contributed by atoms with Gasteiger partial charge in [-0.25, -0.2) is 14.6 Å². The third-order valence-electron chi connectivity index (χ3n) is 7.26. The highest BCUT2D eigenvalue weighted by Crippen LogP contribution is 2.39. The van der Waals surface area contributed by atoms with Gasteiger partial charge in [-0.3, -0.25) is 19.8 Å². The third-order valence-corrected chi connectivity index (χ3v) is 11.0. The van der Waals surface area contributed by atoms with Gasteiger partial charge < -0.3 is 14.8 Å². The van der Waals surface area contributed by atoms with Crippen LogP contribution in [-0.4, -0.2) is 71.9 Å². The number of carbonyl (C=O) groups is 4. The summed E-state index contributed by atoms with van der Waals surface area (Å²) in [4.78, 5) is 59.2. The third kappa shape index (κ3) is 8.43. The van der Waals surface area contributed by atoms with Crippen LogP contribution in [0, 0.1) is 0 Å². The molecule has 2 aromatic carbocycles. The molecular weight excluding hydrogens is 717 g/mol. The maximum atomic E-state index is 13.8. The van der Waals surface area contributed by atoms with Gasteiger partial charge in [-0.1, -0.05) is 71.2 Å². The molecule has 16 heteroatoms. The summed E-state index contributed by atoms with van der Waals surface area (Å²) in [5.74, 6) is -0.739. The zero-order valence-electron chi connectivity index (χ0n) is 27.1. The van der Waals surface area contributed by atoms with Gasteiger partial charge in [0, 0.05) is 16.9 Å². The Kier molecular flexibility index (Phi) is 11.0. The number of fused-ring (bicyclic) bond motifs is 1. The Morgan fingerprint density at radius 1 is 1.08 bits per heavy atom. The fourth-order valence-corrected chi connectivity index (χ4v) is 8.30. The SMILES string of the molecule is CC(C)(C)OC(=O)Nc1nc(/C(=C/CSc2cnns2)C(=O)NC2C(=O)N3C(C(=O)OC(c4ccccc4)c4ccccc4)=CCSC23)cs1. The molecule has 2 aliphatic rings. The van der Waals surface area contributed by atoms with Crippen LogP contribution in [0.15, 0.2) is 94.3 Å². The number of thioether (sulfide) groups is 2. The molecule has 1 fully saturated rings. The molecule has 50 heavy (non-hydrogen) atoms. The zero-order valence-corrected chi connectivity index (χ0v) is 30.4. The van der Waals surface area contributed by atoms with Crippen LogP contribution in [0.2, 0.25) is 0 Å². The van der Waals surface area contributed by atoms with Gasteiger partial charge in [-0.15, -0.1) is 40.0 Å². The minimum Gasteiger partial charge on any atom is -0.448 e. The second-order valence-corrected chi connectivity index (χ2v) is 16.0. The lowest BCUT2D eigenvalue weighted by Gasteiger charge is -2.48. The molecule has 4 aromatic rings. The van der Waals surface area contributed by atoms with Crippen molar-refractivity contribution in [2.45, 2.75) is 48.1 Å². The number of thiazole rings is 1. The van der Waals surface area contributed by atoms with Crippen molar-refractivity contribution in [2.24, 2.45) is 0 Å². The number of nitrogens with zero attached hydrogens (tertiary/aromatic N) is 4. The van der Waals surface area contributed by atoms with Gasteiger partial charge >= 0.3 is 12.1 Å². The lowest BCUT2D eigenvalue weighted by Crippen LogP contribution is -2.70. The number of hydrogen-bond donors (Lipinski definition) is 2. The van der Waals surface area contributed by atoms with Gasteiger partial charge in [0.25, 0.3) is 11.8 Å². The van der Waals surface area contributed by atoms with E-state index in [4.69, 9.17) is 9.47 Å². The number of benzene rings is 2. The Bertz CT molecular complexity index is 1870. The van der Waals surface area contributed by atoms with Crippen molar-refractivity contribution in [1.29, 1.82) is 0 Å². The Morgan fingerprint density at radius 3 is 2.42 bits per heavy atom. The molecular formula is C34H32N6O6S4. The standard InChI is InChI=1S/C34H32N6O6S4/c1-34(2,3)46-33(44)38-32-36-23(19-49-32)22(14-16-47-25-18-35-39-50-25)28(41)37-26-29(42)40-24(15-17-48-30(26)40)31(43)45-27(20-10-6-4-7-11-20)21-12-8-5-9-13-21/h4-15,18-19,26-27,30H,16-17H2,1-3H3,(H,37,41)(H,36,38,44)/b22-14-. The van der Waals surface area contributed by atoms with Crippen LogP contribution in [0.5, 0.6) is 0 Å². The number of ether oxygens (including phenoxy) is 2. The van der Waals surface area contributed by atoms with Crippen LogP contribution >= 0.6 is 46.4 Å². The first kappa shape index (κ1) is 35.3. The van der Waals surface area contributed by atoms with Gasteiger partial charge in [-0.2, -0.15) is 0 Å². The number of rotatable bonds is 11.